The van der Waals surface area contributed by atoms with E-state index in [1.54, 1.807) is 6.07 Å². The Kier molecular flexibility index (Phi) is 3.32. The number of fused-ring (bicyclic) bond motifs is 5. The van der Waals surface area contributed by atoms with Crippen LogP contribution in [0.25, 0.3) is 0 Å². The minimum atomic E-state index is -0.211. The molecule has 3 amide bonds. The predicted octanol–water partition coefficient (Wildman–Crippen LogP) is 1.21. The average molecular weight is 314 g/mol. The molecule has 4 atom stereocenters. The second kappa shape index (κ2) is 5.37. The largest absolute Gasteiger partial charge is 0.472 e. The molecule has 4 unspecified atom stereocenters. The van der Waals surface area contributed by atoms with Crippen molar-refractivity contribution in [3.8, 4) is 0 Å². The van der Waals surface area contributed by atoms with E-state index in [0.717, 1.165) is 6.42 Å². The third-order valence-corrected chi connectivity index (χ3v) is 5.19. The zero-order valence-electron chi connectivity index (χ0n) is 12.6. The summed E-state index contributed by atoms with van der Waals surface area (Å²) in [6.45, 7) is 0.789. The van der Waals surface area contributed by atoms with Gasteiger partial charge in [-0.25, -0.2) is 0 Å². The normalized spacial score (nSPS) is 31.0. The first-order valence-corrected chi connectivity index (χ1v) is 8.01. The fourth-order valence-electron chi connectivity index (χ4n) is 4.12. The van der Waals surface area contributed by atoms with Crippen LogP contribution in [0.1, 0.15) is 23.2 Å². The fraction of sp³-hybridized carbons (Fsp3) is 0.471. The summed E-state index contributed by atoms with van der Waals surface area (Å²) in [5, 5.41) is 2.76. The molecule has 4 rings (SSSR count). The lowest BCUT2D eigenvalue weighted by Gasteiger charge is -2.17. The van der Waals surface area contributed by atoms with E-state index < -0.39 is 0 Å². The van der Waals surface area contributed by atoms with Crippen LogP contribution < -0.4 is 5.32 Å². The first-order valence-electron chi connectivity index (χ1n) is 8.01. The van der Waals surface area contributed by atoms with Crippen LogP contribution in [0, 0.1) is 23.7 Å². The van der Waals surface area contributed by atoms with E-state index in [0.29, 0.717) is 25.1 Å². The highest BCUT2D eigenvalue weighted by molar-refractivity contribution is 6.06. The lowest BCUT2D eigenvalue weighted by Crippen LogP contribution is -2.35. The minimum absolute atomic E-state index is 0.0296. The van der Waals surface area contributed by atoms with Gasteiger partial charge >= 0.3 is 0 Å². The van der Waals surface area contributed by atoms with E-state index in [4.69, 9.17) is 4.42 Å². The van der Waals surface area contributed by atoms with Gasteiger partial charge in [0.25, 0.3) is 5.91 Å². The Morgan fingerprint density at radius 2 is 1.91 bits per heavy atom. The summed E-state index contributed by atoms with van der Waals surface area (Å²) in [6, 6.07) is 1.59. The van der Waals surface area contributed by atoms with Crippen molar-refractivity contribution in [2.45, 2.75) is 12.8 Å². The van der Waals surface area contributed by atoms with Gasteiger partial charge in [0.15, 0.2) is 0 Å². The van der Waals surface area contributed by atoms with Crippen molar-refractivity contribution in [2.24, 2.45) is 23.7 Å². The number of furan rings is 1. The van der Waals surface area contributed by atoms with Gasteiger partial charge in [-0.3, -0.25) is 19.3 Å². The Hall–Kier alpha value is -2.37. The molecule has 1 aliphatic heterocycles. The van der Waals surface area contributed by atoms with Crippen LogP contribution in [-0.2, 0) is 9.59 Å². The maximum absolute atomic E-state index is 12.5. The van der Waals surface area contributed by atoms with Crippen LogP contribution in [0.4, 0.5) is 0 Å². The summed E-state index contributed by atoms with van der Waals surface area (Å²) in [5.74, 6) is -0.0662. The Labute approximate surface area is 133 Å². The zero-order valence-corrected chi connectivity index (χ0v) is 12.6. The maximum atomic E-state index is 12.5. The molecule has 2 heterocycles. The highest BCUT2D eigenvalue weighted by atomic mass is 16.3. The molecular formula is C17H18N2O4. The summed E-state index contributed by atoms with van der Waals surface area (Å²) in [7, 11) is 0. The van der Waals surface area contributed by atoms with Crippen molar-refractivity contribution in [1.82, 2.24) is 10.2 Å². The molecule has 2 bridgehead atoms. The number of carbonyl (C=O) groups excluding carboxylic acids is 3. The molecule has 1 saturated carbocycles. The molecule has 0 aromatic carbocycles. The van der Waals surface area contributed by atoms with E-state index in [1.165, 1.54) is 17.4 Å². The van der Waals surface area contributed by atoms with E-state index in [9.17, 15) is 14.4 Å². The number of allylic oxidation sites excluding steroid dienone is 2. The molecule has 0 radical (unpaired) electrons. The van der Waals surface area contributed by atoms with Gasteiger partial charge in [-0.05, 0) is 30.7 Å². The molecule has 0 spiro atoms. The molecule has 1 aromatic rings. The summed E-state index contributed by atoms with van der Waals surface area (Å²) in [6.07, 6.45) is 8.51. The molecule has 1 aromatic heterocycles. The molecule has 2 fully saturated rings. The van der Waals surface area contributed by atoms with Gasteiger partial charge in [0.2, 0.25) is 11.8 Å². The highest BCUT2D eigenvalue weighted by Crippen LogP contribution is 2.52. The maximum Gasteiger partial charge on any atom is 0.254 e. The van der Waals surface area contributed by atoms with Crippen LogP contribution >= 0.6 is 0 Å². The number of hydrogen-bond donors (Lipinski definition) is 1. The van der Waals surface area contributed by atoms with Crippen LogP contribution in [-0.4, -0.2) is 35.7 Å². The lowest BCUT2D eigenvalue weighted by atomic mass is 9.85. The van der Waals surface area contributed by atoms with E-state index >= 15 is 0 Å². The van der Waals surface area contributed by atoms with Crippen molar-refractivity contribution in [3.05, 3.63) is 36.3 Å². The minimum Gasteiger partial charge on any atom is -0.472 e. The number of rotatable bonds is 5. The zero-order chi connectivity index (χ0) is 16.0. The van der Waals surface area contributed by atoms with Crippen LogP contribution in [0.3, 0.4) is 0 Å². The number of likely N-dealkylation sites (tertiary alicyclic amines) is 1. The van der Waals surface area contributed by atoms with E-state index in [-0.39, 0.29) is 41.4 Å². The van der Waals surface area contributed by atoms with Gasteiger partial charge < -0.3 is 9.73 Å². The summed E-state index contributed by atoms with van der Waals surface area (Å²) in [5.41, 5.74) is 0.468. The number of nitrogens with zero attached hydrogens (tertiary/aromatic N) is 1. The SMILES string of the molecule is O=C(NCCCN1C(=O)C2C3C=CC(C3)C2C1=O)c1ccoc1. The van der Waals surface area contributed by atoms with Crippen molar-refractivity contribution < 1.29 is 18.8 Å². The number of amides is 3. The molecule has 120 valence electrons. The molecule has 2 aliphatic carbocycles. The summed E-state index contributed by atoms with van der Waals surface area (Å²) >= 11 is 0. The monoisotopic (exact) mass is 314 g/mol. The molecule has 23 heavy (non-hydrogen) atoms. The summed E-state index contributed by atoms with van der Waals surface area (Å²) < 4.78 is 4.86. The second-order valence-corrected chi connectivity index (χ2v) is 6.45. The van der Waals surface area contributed by atoms with Gasteiger partial charge in [0.05, 0.1) is 23.7 Å². The van der Waals surface area contributed by atoms with Crippen molar-refractivity contribution >= 4 is 17.7 Å². The van der Waals surface area contributed by atoms with Crippen molar-refractivity contribution in [2.75, 3.05) is 13.1 Å². The average Bonchev–Trinajstić information content (AvgIpc) is 3.30. The molecule has 3 aliphatic rings. The van der Waals surface area contributed by atoms with Crippen molar-refractivity contribution in [1.29, 1.82) is 0 Å². The van der Waals surface area contributed by atoms with Crippen LogP contribution in [0.15, 0.2) is 35.2 Å². The fourth-order valence-corrected chi connectivity index (χ4v) is 4.12. The van der Waals surface area contributed by atoms with E-state index in [1.807, 2.05) is 0 Å². The highest BCUT2D eigenvalue weighted by Gasteiger charge is 2.58. The van der Waals surface area contributed by atoms with E-state index in [2.05, 4.69) is 17.5 Å². The number of nitrogens with one attached hydrogen (secondary N) is 1. The molecule has 1 saturated heterocycles. The standard InChI is InChI=1S/C17H18N2O4/c20-15(12-4-7-23-9-12)18-5-1-6-19-16(21)13-10-2-3-11(8-10)14(13)17(19)22/h2-4,7,9-11,13-14H,1,5-6,8H2,(H,18,20). The first kappa shape index (κ1) is 14.2. The molecule has 6 nitrogen and oxygen atoms in total. The first-order chi connectivity index (χ1) is 11.2. The van der Waals surface area contributed by atoms with Gasteiger partial charge in [0.1, 0.15) is 6.26 Å². The third-order valence-electron chi connectivity index (χ3n) is 5.19. The van der Waals surface area contributed by atoms with Gasteiger partial charge in [0, 0.05) is 13.1 Å². The number of hydrogen-bond acceptors (Lipinski definition) is 4. The van der Waals surface area contributed by atoms with Gasteiger partial charge in [-0.15, -0.1) is 0 Å². The topological polar surface area (TPSA) is 79.6 Å². The Morgan fingerprint density at radius 3 is 2.52 bits per heavy atom. The molecular weight excluding hydrogens is 296 g/mol. The smallest absolute Gasteiger partial charge is 0.254 e. The Bertz CT molecular complexity index is 649. The van der Waals surface area contributed by atoms with Crippen LogP contribution in [0.2, 0.25) is 0 Å². The van der Waals surface area contributed by atoms with Gasteiger partial charge in [-0.1, -0.05) is 12.2 Å². The van der Waals surface area contributed by atoms with Gasteiger partial charge in [-0.2, -0.15) is 0 Å². The van der Waals surface area contributed by atoms with Crippen molar-refractivity contribution in [3.63, 3.8) is 0 Å². The Balaban J connectivity index is 1.30. The lowest BCUT2D eigenvalue weighted by molar-refractivity contribution is -0.140. The number of imide groups is 1. The third kappa shape index (κ3) is 2.20. The molecule has 6 heteroatoms. The second-order valence-electron chi connectivity index (χ2n) is 6.45. The number of carbonyl (C=O) groups is 3. The predicted molar refractivity (Wildman–Crippen MR) is 80.1 cm³/mol. The quantitative estimate of drug-likeness (QED) is 0.503. The van der Waals surface area contributed by atoms with Crippen LogP contribution in [0.5, 0.6) is 0 Å². The molecule has 1 N–H and O–H groups in total. The Morgan fingerprint density at radius 1 is 1.22 bits per heavy atom. The summed E-state index contributed by atoms with van der Waals surface area (Å²) in [4.78, 5) is 38.1.